The topological polar surface area (TPSA) is 540 Å². The number of nitrogens with one attached hydrogen (secondary N) is 6. The maximum atomic E-state index is 14.1. The van der Waals surface area contributed by atoms with Gasteiger partial charge >= 0.3 is 53.7 Å². The minimum Gasteiger partial charge on any atom is -0.481 e. The van der Waals surface area contributed by atoms with Crippen LogP contribution in [0.5, 0.6) is 17.2 Å². The summed E-state index contributed by atoms with van der Waals surface area (Å²) in [4.78, 5) is 142. The van der Waals surface area contributed by atoms with E-state index >= 15 is 0 Å². The third-order valence-corrected chi connectivity index (χ3v) is 16.6. The average Bonchev–Trinajstić information content (AvgIpc) is 1.84. The number of halogens is 2. The van der Waals surface area contributed by atoms with Crippen LogP contribution in [0.4, 0.5) is 8.78 Å². The van der Waals surface area contributed by atoms with Crippen molar-refractivity contribution >= 4 is 123 Å². The molecule has 0 aliphatic carbocycles. The van der Waals surface area contributed by atoms with Crippen molar-refractivity contribution in [1.29, 1.82) is 16.2 Å². The first kappa shape index (κ1) is 78.1. The fourth-order valence-corrected chi connectivity index (χ4v) is 11.1. The first-order chi connectivity index (χ1) is 45.5. The standard InChI is InChI=1S/C22H24FN3O7S.C20H20FN3O7S.C20H21N3O7S/c1-2-11(20(29)26-15(21(30)31)5-8-18(27)28)9-13-4-7-17(34-13)22(32)33-16-6-3-12(19(24)25)10-14(16)23;1-9(18(27)24-13(19(28)29)8-16(25)26)6-11-3-5-15(32-11)20(30)31-14-4-2-10(17(22)23)7-12(14)21;1-10(18(26)23-14(19(27)28)9-16(24)25)8-13-6-7-15(31-13)20(29)30-12-4-2-11(3-5-12)17(21)22/h3-4,6-7,10-11,15H,2,5,8-9H2,1H3,(H3,24,25)(H,26,29)(H,27,28)(H,30,31);2-5,7,9,13H,6,8H2,1H3,(H3,22,23)(H,24,27)(H,25,26)(H,28,29);2-7,10,14H,8-9H2,1H3,(H3,21,22)(H,23,26)(H,24,25)(H,27,28)/t11?,15-;9?,13-;10?,14-/m011/s1. The number of aliphatic carboxylic acids is 6. The van der Waals surface area contributed by atoms with Gasteiger partial charge in [-0.05, 0) is 129 Å². The molecule has 3 aromatic carbocycles. The number of nitrogens with two attached hydrogens (primary N) is 3. The van der Waals surface area contributed by atoms with Crippen LogP contribution in [-0.4, -0.2) is 138 Å². The van der Waals surface area contributed by atoms with Crippen LogP contribution < -0.4 is 47.4 Å². The number of carbonyl (C=O) groups is 12. The van der Waals surface area contributed by atoms with Crippen LogP contribution in [0.1, 0.15) is 113 Å². The molecule has 0 saturated carbocycles. The minimum atomic E-state index is -1.55. The van der Waals surface area contributed by atoms with Crippen molar-refractivity contribution in [2.24, 2.45) is 35.0 Å². The highest BCUT2D eigenvalue weighted by atomic mass is 32.1. The molecule has 0 bridgehead atoms. The largest absolute Gasteiger partial charge is 0.481 e. The molecule has 30 nitrogen and oxygen atoms in total. The fourth-order valence-electron chi connectivity index (χ4n) is 8.10. The number of rotatable bonds is 32. The number of amides is 3. The summed E-state index contributed by atoms with van der Waals surface area (Å²) in [5, 5.41) is 82.2. The van der Waals surface area contributed by atoms with E-state index in [2.05, 4.69) is 16.0 Å². The van der Waals surface area contributed by atoms with Crippen molar-refractivity contribution in [1.82, 2.24) is 16.0 Å². The number of carboxylic acid groups (broad SMARTS) is 6. The van der Waals surface area contributed by atoms with Crippen molar-refractivity contribution in [2.45, 2.75) is 90.3 Å². The molecule has 0 radical (unpaired) electrons. The maximum Gasteiger partial charge on any atom is 0.353 e. The van der Waals surface area contributed by atoms with E-state index in [-0.39, 0.29) is 81.3 Å². The van der Waals surface area contributed by atoms with E-state index in [4.69, 9.17) is 73.2 Å². The van der Waals surface area contributed by atoms with E-state index in [1.807, 2.05) is 0 Å². The van der Waals surface area contributed by atoms with Gasteiger partial charge in [0.1, 0.15) is 56.0 Å². The summed E-state index contributed by atoms with van der Waals surface area (Å²) in [5.74, 6) is -16.9. The molecule has 6 aromatic rings. The van der Waals surface area contributed by atoms with Crippen LogP contribution in [0, 0.1) is 45.6 Å². The summed E-state index contributed by atoms with van der Waals surface area (Å²) in [7, 11) is 0. The number of hydrogen-bond donors (Lipinski definition) is 15. The van der Waals surface area contributed by atoms with Gasteiger partial charge in [0, 0.05) is 55.5 Å². The molecule has 0 spiro atoms. The third-order valence-electron chi connectivity index (χ3n) is 13.3. The monoisotopic (exact) mass is 1410 g/mol. The zero-order valence-electron chi connectivity index (χ0n) is 51.4. The van der Waals surface area contributed by atoms with Gasteiger partial charge in [-0.2, -0.15) is 0 Å². The molecule has 3 unspecified atom stereocenters. The number of carbonyl (C=O) groups excluding carboxylic acids is 6. The second-order valence-corrected chi connectivity index (χ2v) is 24.4. The lowest BCUT2D eigenvalue weighted by atomic mass is 9.99. The second-order valence-electron chi connectivity index (χ2n) is 20.9. The van der Waals surface area contributed by atoms with E-state index < -0.39 is 138 Å². The number of nitrogen functional groups attached to an aromatic ring is 3. The third kappa shape index (κ3) is 25.5. The van der Waals surface area contributed by atoms with Crippen LogP contribution in [0.3, 0.4) is 0 Å². The molecule has 0 fully saturated rings. The van der Waals surface area contributed by atoms with E-state index in [9.17, 15) is 71.4 Å². The molecular weight excluding hydrogens is 1340 g/mol. The number of benzene rings is 3. The van der Waals surface area contributed by atoms with Crippen LogP contribution in [0.2, 0.25) is 0 Å². The quantitative estimate of drug-likeness (QED) is 0.0108. The Bertz CT molecular complexity index is 3970. The molecule has 0 aliphatic heterocycles. The second kappa shape index (κ2) is 36.9. The Morgan fingerprint density at radius 2 is 0.814 bits per heavy atom. The lowest BCUT2D eigenvalue weighted by molar-refractivity contribution is -0.147. The highest BCUT2D eigenvalue weighted by Crippen LogP contribution is 2.28. The van der Waals surface area contributed by atoms with Crippen LogP contribution in [0.25, 0.3) is 0 Å². The first-order valence-corrected chi connectivity index (χ1v) is 30.9. The Kier molecular flexibility index (Phi) is 29.7. The van der Waals surface area contributed by atoms with Gasteiger partial charge in [0.15, 0.2) is 23.1 Å². The molecule has 97 heavy (non-hydrogen) atoms. The Morgan fingerprint density at radius 1 is 0.464 bits per heavy atom. The zero-order valence-corrected chi connectivity index (χ0v) is 53.8. The lowest BCUT2D eigenvalue weighted by Crippen LogP contribution is -2.44. The minimum absolute atomic E-state index is 0.100. The van der Waals surface area contributed by atoms with Crippen molar-refractivity contribution in [3.8, 4) is 17.2 Å². The number of hydrogen-bond acceptors (Lipinski definition) is 21. The summed E-state index contributed by atoms with van der Waals surface area (Å²) in [6.07, 6.45) is -1.14. The Hall–Kier alpha value is -11.3. The van der Waals surface area contributed by atoms with Crippen molar-refractivity contribution in [2.75, 3.05) is 0 Å². The molecule has 0 saturated heterocycles. The van der Waals surface area contributed by atoms with Gasteiger partial charge in [0.2, 0.25) is 17.7 Å². The van der Waals surface area contributed by atoms with Crippen LogP contribution in [0.15, 0.2) is 97.1 Å². The maximum absolute atomic E-state index is 14.1. The predicted molar refractivity (Wildman–Crippen MR) is 343 cm³/mol. The summed E-state index contributed by atoms with van der Waals surface area (Å²) in [6, 6.07) is 18.1. The molecule has 516 valence electrons. The highest BCUT2D eigenvalue weighted by molar-refractivity contribution is 7.14. The molecular formula is C62H65F2N9O21S3. The molecule has 6 atom stereocenters. The van der Waals surface area contributed by atoms with Gasteiger partial charge in [-0.15, -0.1) is 34.0 Å². The molecule has 18 N–H and O–H groups in total. The summed E-state index contributed by atoms with van der Waals surface area (Å²) in [6.45, 7) is 4.84. The molecule has 6 rings (SSSR count). The number of amidine groups is 3. The van der Waals surface area contributed by atoms with Crippen LogP contribution in [-0.2, 0) is 62.4 Å². The first-order valence-electron chi connectivity index (χ1n) is 28.5. The number of thiophene rings is 3. The number of esters is 3. The summed E-state index contributed by atoms with van der Waals surface area (Å²) >= 11 is 3.19. The zero-order chi connectivity index (χ0) is 72.5. The Labute approximate surface area is 560 Å². The van der Waals surface area contributed by atoms with Gasteiger partial charge in [-0.25, -0.2) is 37.5 Å². The highest BCUT2D eigenvalue weighted by Gasteiger charge is 2.30. The van der Waals surface area contributed by atoms with Gasteiger partial charge in [-0.3, -0.25) is 45.0 Å². The molecule has 3 aromatic heterocycles. The Morgan fingerprint density at radius 3 is 1.14 bits per heavy atom. The summed E-state index contributed by atoms with van der Waals surface area (Å²) in [5.41, 5.74) is 16.7. The van der Waals surface area contributed by atoms with Gasteiger partial charge in [0.05, 0.1) is 12.8 Å². The molecule has 3 amide bonds. The van der Waals surface area contributed by atoms with E-state index in [1.54, 1.807) is 50.2 Å². The van der Waals surface area contributed by atoms with Crippen molar-refractivity contribution < 1.29 is 111 Å². The number of ether oxygens (including phenoxy) is 3. The van der Waals surface area contributed by atoms with E-state index in [0.717, 1.165) is 46.1 Å². The van der Waals surface area contributed by atoms with Gasteiger partial charge < -0.3 is 78.0 Å². The number of carboxylic acids is 6. The van der Waals surface area contributed by atoms with Crippen molar-refractivity contribution in [3.05, 3.63) is 155 Å². The van der Waals surface area contributed by atoms with Crippen molar-refractivity contribution in [3.63, 3.8) is 0 Å². The summed E-state index contributed by atoms with van der Waals surface area (Å²) < 4.78 is 43.5. The smallest absolute Gasteiger partial charge is 0.353 e. The van der Waals surface area contributed by atoms with E-state index in [1.165, 1.54) is 55.5 Å². The SMILES string of the molecule is CC(Cc1ccc(C(=O)Oc2ccc(C(=N)N)cc2)s1)C(=O)N[C@H](CC(=O)O)C(=O)O.CC(Cc1ccc(C(=O)Oc2ccc(C(=N)N)cc2F)s1)C(=O)N[C@H](CC(=O)O)C(=O)O.CCC(Cc1ccc(C(=O)Oc2ccc(C(=N)N)cc2F)s1)C(=O)N[C@@H](CCC(=O)O)C(=O)O. The van der Waals surface area contributed by atoms with E-state index in [0.29, 0.717) is 31.5 Å². The Balaban J connectivity index is 0.000000310. The molecule has 0 aliphatic rings. The molecule has 3 heterocycles. The van der Waals surface area contributed by atoms with Gasteiger partial charge in [0.25, 0.3) is 0 Å². The predicted octanol–water partition coefficient (Wildman–Crippen LogP) is 5.48. The normalized spacial score (nSPS) is 12.4. The van der Waals surface area contributed by atoms with Gasteiger partial charge in [-0.1, -0.05) is 20.8 Å². The average molecular weight is 1410 g/mol. The fraction of sp³-hybridized carbons (Fsp3) is 0.274. The lowest BCUT2D eigenvalue weighted by Gasteiger charge is -2.18. The molecule has 35 heteroatoms. The van der Waals surface area contributed by atoms with Crippen LogP contribution >= 0.6 is 34.0 Å².